The molecule has 3 heteroatoms. The van der Waals surface area contributed by atoms with Crippen molar-refractivity contribution in [3.8, 4) is 6.07 Å². The molecular formula is C19H18N2O. The van der Waals surface area contributed by atoms with E-state index >= 15 is 0 Å². The summed E-state index contributed by atoms with van der Waals surface area (Å²) in [6.45, 7) is 2.66. The Hall–Kier alpha value is -2.60. The smallest absolute Gasteiger partial charge is 0.258 e. The molecule has 2 aromatic carbocycles. The Morgan fingerprint density at radius 3 is 2.55 bits per heavy atom. The number of benzene rings is 2. The van der Waals surface area contributed by atoms with Gasteiger partial charge in [0.15, 0.2) is 0 Å². The van der Waals surface area contributed by atoms with Gasteiger partial charge in [0.25, 0.3) is 5.91 Å². The van der Waals surface area contributed by atoms with E-state index in [1.807, 2.05) is 55.5 Å². The molecule has 22 heavy (non-hydrogen) atoms. The lowest BCUT2D eigenvalue weighted by atomic mass is 9.98. The topological polar surface area (TPSA) is 44.1 Å². The molecule has 1 aliphatic rings. The van der Waals surface area contributed by atoms with Gasteiger partial charge in [-0.15, -0.1) is 0 Å². The van der Waals surface area contributed by atoms with Crippen molar-refractivity contribution in [2.75, 3.05) is 4.90 Å². The third-order valence-corrected chi connectivity index (χ3v) is 4.23. The molecule has 1 unspecified atom stereocenters. The number of nitriles is 1. The second kappa shape index (κ2) is 6.03. The lowest BCUT2D eigenvalue weighted by molar-refractivity contribution is 0.0996. The molecule has 1 heterocycles. The summed E-state index contributed by atoms with van der Waals surface area (Å²) in [5.41, 5.74) is 3.92. The summed E-state index contributed by atoms with van der Waals surface area (Å²) < 4.78 is 0. The van der Waals surface area contributed by atoms with Gasteiger partial charge in [-0.1, -0.05) is 37.3 Å². The van der Waals surface area contributed by atoms with Crippen LogP contribution in [0.1, 0.15) is 34.8 Å². The van der Waals surface area contributed by atoms with Gasteiger partial charge in [-0.25, -0.2) is 0 Å². The second-order valence-electron chi connectivity index (χ2n) is 5.65. The maximum absolute atomic E-state index is 12.4. The third-order valence-electron chi connectivity index (χ3n) is 4.23. The minimum atomic E-state index is 0.0588. The molecule has 3 rings (SSSR count). The third kappa shape index (κ3) is 2.60. The Morgan fingerprint density at radius 2 is 1.91 bits per heavy atom. The Labute approximate surface area is 130 Å². The average Bonchev–Trinajstić information content (AvgIpc) is 2.90. The van der Waals surface area contributed by atoms with Crippen molar-refractivity contribution in [3.05, 3.63) is 65.2 Å². The van der Waals surface area contributed by atoms with Crippen molar-refractivity contribution in [2.24, 2.45) is 5.92 Å². The fourth-order valence-electron chi connectivity index (χ4n) is 2.84. The molecule has 1 amide bonds. The molecule has 0 fully saturated rings. The molecule has 0 bridgehead atoms. The first-order chi connectivity index (χ1) is 10.7. The zero-order chi connectivity index (χ0) is 15.5. The van der Waals surface area contributed by atoms with Crippen LogP contribution >= 0.6 is 0 Å². The highest BCUT2D eigenvalue weighted by molar-refractivity contribution is 6.09. The number of anilines is 1. The summed E-state index contributed by atoms with van der Waals surface area (Å²) in [5.74, 6) is 0.121. The largest absolute Gasteiger partial charge is 0.304 e. The van der Waals surface area contributed by atoms with Crippen LogP contribution in [0.25, 0.3) is 0 Å². The van der Waals surface area contributed by atoms with E-state index in [-0.39, 0.29) is 11.8 Å². The quantitative estimate of drug-likeness (QED) is 0.856. The maximum atomic E-state index is 12.4. The molecule has 110 valence electrons. The van der Waals surface area contributed by atoms with Gasteiger partial charge >= 0.3 is 0 Å². The number of carbonyl (C=O) groups excluding carboxylic acids is 1. The summed E-state index contributed by atoms with van der Waals surface area (Å²) in [7, 11) is 0. The minimum absolute atomic E-state index is 0.0588. The Morgan fingerprint density at radius 1 is 1.18 bits per heavy atom. The van der Waals surface area contributed by atoms with E-state index in [9.17, 15) is 4.79 Å². The van der Waals surface area contributed by atoms with Gasteiger partial charge < -0.3 is 4.90 Å². The lowest BCUT2D eigenvalue weighted by Crippen LogP contribution is -2.22. The molecule has 0 saturated carbocycles. The Bertz CT molecular complexity index is 728. The van der Waals surface area contributed by atoms with Crippen molar-refractivity contribution < 1.29 is 4.79 Å². The average molecular weight is 290 g/mol. The van der Waals surface area contributed by atoms with Gasteiger partial charge in [0, 0.05) is 11.3 Å². The fraction of sp³-hybridized carbons (Fsp3) is 0.263. The monoisotopic (exact) mass is 290 g/mol. The van der Waals surface area contributed by atoms with E-state index in [1.54, 1.807) is 4.90 Å². The normalized spacial score (nSPS) is 14.5. The summed E-state index contributed by atoms with van der Waals surface area (Å²) in [6.07, 6.45) is 1.62. The van der Waals surface area contributed by atoms with Crippen LogP contribution in [0.2, 0.25) is 0 Å². The van der Waals surface area contributed by atoms with E-state index < -0.39 is 0 Å². The highest BCUT2D eigenvalue weighted by Crippen LogP contribution is 2.28. The summed E-state index contributed by atoms with van der Waals surface area (Å²) in [5, 5.41) is 9.05. The maximum Gasteiger partial charge on any atom is 0.258 e. The van der Waals surface area contributed by atoms with Gasteiger partial charge in [-0.3, -0.25) is 4.79 Å². The van der Waals surface area contributed by atoms with E-state index in [0.717, 1.165) is 35.2 Å². The lowest BCUT2D eigenvalue weighted by Gasteiger charge is -2.16. The van der Waals surface area contributed by atoms with Crippen LogP contribution in [0.3, 0.4) is 0 Å². The van der Waals surface area contributed by atoms with Crippen molar-refractivity contribution in [1.29, 1.82) is 5.26 Å². The number of nitrogens with zero attached hydrogens (tertiary/aromatic N) is 2. The fourth-order valence-corrected chi connectivity index (χ4v) is 2.84. The SMILES string of the molecule is CCC(C#N)Cc1ccc(N2Cc3ccccc3C2=O)cc1. The number of fused-ring (bicyclic) bond motifs is 1. The second-order valence-corrected chi connectivity index (χ2v) is 5.65. The number of rotatable bonds is 4. The summed E-state index contributed by atoms with van der Waals surface area (Å²) in [4.78, 5) is 14.2. The van der Waals surface area contributed by atoms with Gasteiger partial charge in [0.2, 0.25) is 0 Å². The van der Waals surface area contributed by atoms with Crippen LogP contribution in [-0.2, 0) is 13.0 Å². The first kappa shape index (κ1) is 14.3. The number of hydrogen-bond donors (Lipinski definition) is 0. The van der Waals surface area contributed by atoms with Gasteiger partial charge in [0.1, 0.15) is 0 Å². The van der Waals surface area contributed by atoms with Crippen molar-refractivity contribution in [3.63, 3.8) is 0 Å². The van der Waals surface area contributed by atoms with E-state index in [4.69, 9.17) is 5.26 Å². The van der Waals surface area contributed by atoms with Crippen LogP contribution < -0.4 is 4.90 Å². The molecule has 0 spiro atoms. The minimum Gasteiger partial charge on any atom is -0.304 e. The van der Waals surface area contributed by atoms with Crippen molar-refractivity contribution in [1.82, 2.24) is 0 Å². The molecule has 0 aliphatic carbocycles. The van der Waals surface area contributed by atoms with Crippen LogP contribution in [0.5, 0.6) is 0 Å². The van der Waals surface area contributed by atoms with Gasteiger partial charge in [-0.05, 0) is 42.2 Å². The van der Waals surface area contributed by atoms with Gasteiger partial charge in [-0.2, -0.15) is 5.26 Å². The molecule has 1 atom stereocenters. The van der Waals surface area contributed by atoms with Crippen molar-refractivity contribution in [2.45, 2.75) is 26.3 Å². The summed E-state index contributed by atoms with van der Waals surface area (Å²) >= 11 is 0. The van der Waals surface area contributed by atoms with Crippen LogP contribution in [0.4, 0.5) is 5.69 Å². The number of carbonyl (C=O) groups is 1. The molecule has 2 aromatic rings. The molecule has 0 N–H and O–H groups in total. The number of hydrogen-bond acceptors (Lipinski definition) is 2. The Balaban J connectivity index is 1.78. The van der Waals surface area contributed by atoms with Crippen LogP contribution in [0.15, 0.2) is 48.5 Å². The van der Waals surface area contributed by atoms with E-state index in [2.05, 4.69) is 6.07 Å². The molecule has 0 aromatic heterocycles. The molecule has 0 radical (unpaired) electrons. The first-order valence-corrected chi connectivity index (χ1v) is 7.61. The first-order valence-electron chi connectivity index (χ1n) is 7.61. The standard InChI is InChI=1S/C19H18N2O/c1-2-14(12-20)11-15-7-9-17(10-8-15)21-13-16-5-3-4-6-18(16)19(21)22/h3-10,14H,2,11,13H2,1H3. The predicted molar refractivity (Wildman–Crippen MR) is 86.5 cm³/mol. The van der Waals surface area contributed by atoms with Crippen LogP contribution in [-0.4, -0.2) is 5.91 Å². The van der Waals surface area contributed by atoms with Crippen LogP contribution in [0, 0.1) is 17.2 Å². The highest BCUT2D eigenvalue weighted by Gasteiger charge is 2.27. The zero-order valence-electron chi connectivity index (χ0n) is 12.6. The van der Waals surface area contributed by atoms with E-state index in [0.29, 0.717) is 6.54 Å². The Kier molecular flexibility index (Phi) is 3.93. The van der Waals surface area contributed by atoms with E-state index in [1.165, 1.54) is 0 Å². The van der Waals surface area contributed by atoms with Gasteiger partial charge in [0.05, 0.1) is 18.5 Å². The molecule has 0 saturated heterocycles. The highest BCUT2D eigenvalue weighted by atomic mass is 16.2. The summed E-state index contributed by atoms with van der Waals surface area (Å²) in [6, 6.07) is 18.1. The molecule has 3 nitrogen and oxygen atoms in total. The predicted octanol–water partition coefficient (Wildman–Crippen LogP) is 3.94. The molecule has 1 aliphatic heterocycles. The number of amides is 1. The zero-order valence-corrected chi connectivity index (χ0v) is 12.6. The van der Waals surface area contributed by atoms with Crippen molar-refractivity contribution >= 4 is 11.6 Å². The molecular weight excluding hydrogens is 272 g/mol.